The van der Waals surface area contributed by atoms with Gasteiger partial charge in [-0.15, -0.1) is 0 Å². The van der Waals surface area contributed by atoms with Crippen LogP contribution in [0.2, 0.25) is 0 Å². The van der Waals surface area contributed by atoms with Crippen LogP contribution in [0, 0.1) is 5.92 Å². The van der Waals surface area contributed by atoms with Crippen LogP contribution in [0.5, 0.6) is 5.75 Å². The summed E-state index contributed by atoms with van der Waals surface area (Å²) in [6, 6.07) is 15.6. The number of fused-ring (bicyclic) bond motifs is 3. The van der Waals surface area contributed by atoms with Crippen LogP contribution in [0.25, 0.3) is 0 Å². The van der Waals surface area contributed by atoms with Crippen LogP contribution in [0.4, 0.5) is 0 Å². The van der Waals surface area contributed by atoms with E-state index in [9.17, 15) is 15.3 Å². The van der Waals surface area contributed by atoms with Crippen LogP contribution in [-0.2, 0) is 12.8 Å². The fourth-order valence-electron chi connectivity index (χ4n) is 5.98. The minimum atomic E-state index is -0.779. The quantitative estimate of drug-likeness (QED) is 0.782. The van der Waals surface area contributed by atoms with Crippen LogP contribution >= 0.6 is 0 Å². The lowest BCUT2D eigenvalue weighted by molar-refractivity contribution is -0.0658. The van der Waals surface area contributed by atoms with Gasteiger partial charge in [-0.2, -0.15) is 0 Å². The first kappa shape index (κ1) is 17.2. The molecule has 142 valence electrons. The summed E-state index contributed by atoms with van der Waals surface area (Å²) in [5.41, 5.74) is 2.01. The molecule has 2 aliphatic carbocycles. The summed E-state index contributed by atoms with van der Waals surface area (Å²) < 4.78 is 0. The molecule has 2 aromatic rings. The van der Waals surface area contributed by atoms with Crippen LogP contribution in [0.3, 0.4) is 0 Å². The van der Waals surface area contributed by atoms with Crippen LogP contribution < -0.4 is 0 Å². The zero-order valence-electron chi connectivity index (χ0n) is 15.5. The highest BCUT2D eigenvalue weighted by Gasteiger charge is 2.53. The number of piperidine rings is 1. The van der Waals surface area contributed by atoms with Crippen LogP contribution in [-0.4, -0.2) is 51.1 Å². The van der Waals surface area contributed by atoms with Gasteiger partial charge in [-0.25, -0.2) is 0 Å². The Hall–Kier alpha value is -1.88. The van der Waals surface area contributed by atoms with Crippen molar-refractivity contribution in [2.45, 2.75) is 42.8 Å². The Morgan fingerprint density at radius 1 is 1.00 bits per heavy atom. The molecule has 27 heavy (non-hydrogen) atoms. The standard InChI is InChI=1S/C23H27NO3/c25-20-7-3-6-16(10-20)21-19-8-9-23(21,27)15-24(13-19)14-22(26)11-17-4-1-2-5-18(17)12-22/h1-7,10,19,21,25-27H,8-9,11-15H2. The Balaban J connectivity index is 1.34. The maximum absolute atomic E-state index is 11.4. The summed E-state index contributed by atoms with van der Waals surface area (Å²) in [5.74, 6) is 0.685. The van der Waals surface area contributed by atoms with E-state index in [0.29, 0.717) is 31.8 Å². The summed E-state index contributed by atoms with van der Waals surface area (Å²) in [5, 5.41) is 32.5. The summed E-state index contributed by atoms with van der Waals surface area (Å²) in [4.78, 5) is 2.27. The fourth-order valence-corrected chi connectivity index (χ4v) is 5.98. The van der Waals surface area contributed by atoms with E-state index in [1.165, 1.54) is 11.1 Å². The van der Waals surface area contributed by atoms with Gasteiger partial charge in [0.2, 0.25) is 0 Å². The molecular formula is C23H27NO3. The molecule has 3 N–H and O–H groups in total. The number of β-amino-alcohol motifs (C(OH)–C–C–N with tert-alkyl or cyclic N) is 2. The SMILES string of the molecule is Oc1cccc(C2C3CCC2(O)CN(CC2(O)Cc4ccccc4C2)C3)c1. The van der Waals surface area contributed by atoms with E-state index in [4.69, 9.17) is 0 Å². The second-order valence-corrected chi connectivity index (χ2v) is 8.99. The van der Waals surface area contributed by atoms with E-state index in [2.05, 4.69) is 17.0 Å². The van der Waals surface area contributed by atoms with Crippen molar-refractivity contribution in [1.82, 2.24) is 4.90 Å². The fraction of sp³-hybridized carbons (Fsp3) is 0.478. The molecule has 0 amide bonds. The van der Waals surface area contributed by atoms with Crippen LogP contribution in [0.15, 0.2) is 48.5 Å². The number of likely N-dealkylation sites (tertiary alicyclic amines) is 1. The maximum Gasteiger partial charge on any atom is 0.115 e. The zero-order chi connectivity index (χ0) is 18.6. The molecule has 3 atom stereocenters. The van der Waals surface area contributed by atoms with Crippen molar-refractivity contribution in [3.8, 4) is 5.75 Å². The lowest BCUT2D eigenvalue weighted by Gasteiger charge is -2.45. The van der Waals surface area contributed by atoms with Crippen molar-refractivity contribution in [2.75, 3.05) is 19.6 Å². The third kappa shape index (κ3) is 2.96. The van der Waals surface area contributed by atoms with Gasteiger partial charge in [-0.1, -0.05) is 36.4 Å². The minimum absolute atomic E-state index is 0.0660. The molecule has 1 aliphatic heterocycles. The number of aliphatic hydroxyl groups is 2. The van der Waals surface area contributed by atoms with Gasteiger partial charge in [0.1, 0.15) is 5.75 Å². The first-order chi connectivity index (χ1) is 12.9. The van der Waals surface area contributed by atoms with Crippen LogP contribution in [0.1, 0.15) is 35.4 Å². The van der Waals surface area contributed by atoms with Gasteiger partial charge in [-0.3, -0.25) is 4.90 Å². The zero-order valence-corrected chi connectivity index (χ0v) is 15.5. The molecule has 0 spiro atoms. The molecule has 2 bridgehead atoms. The molecule has 0 radical (unpaired) electrons. The van der Waals surface area contributed by atoms with E-state index < -0.39 is 11.2 Å². The smallest absolute Gasteiger partial charge is 0.115 e. The molecule has 1 saturated heterocycles. The summed E-state index contributed by atoms with van der Waals surface area (Å²) in [6.07, 6.45) is 3.16. The van der Waals surface area contributed by atoms with E-state index in [1.54, 1.807) is 12.1 Å². The number of hydrogen-bond acceptors (Lipinski definition) is 4. The predicted octanol–water partition coefficient (Wildman–Crippen LogP) is 2.46. The van der Waals surface area contributed by atoms with Gasteiger partial charge in [0.05, 0.1) is 11.2 Å². The second kappa shape index (κ2) is 6.06. The number of rotatable bonds is 3. The highest BCUT2D eigenvalue weighted by atomic mass is 16.3. The van der Waals surface area contributed by atoms with E-state index >= 15 is 0 Å². The number of aromatic hydroxyl groups is 1. The minimum Gasteiger partial charge on any atom is -0.508 e. The van der Waals surface area contributed by atoms with Gasteiger partial charge in [0.25, 0.3) is 0 Å². The monoisotopic (exact) mass is 365 g/mol. The average Bonchev–Trinajstić information content (AvgIpc) is 3.05. The highest BCUT2D eigenvalue weighted by Crippen LogP contribution is 2.51. The molecule has 1 saturated carbocycles. The van der Waals surface area contributed by atoms with Crippen molar-refractivity contribution >= 4 is 0 Å². The summed E-state index contributed by atoms with van der Waals surface area (Å²) >= 11 is 0. The molecule has 3 unspecified atom stereocenters. The van der Waals surface area contributed by atoms with Gasteiger partial charge in [0, 0.05) is 38.4 Å². The molecule has 2 fully saturated rings. The second-order valence-electron chi connectivity index (χ2n) is 8.99. The Labute approximate surface area is 160 Å². The lowest BCUT2D eigenvalue weighted by Crippen LogP contribution is -2.56. The normalized spacial score (nSPS) is 31.8. The van der Waals surface area contributed by atoms with E-state index in [-0.39, 0.29) is 11.7 Å². The average molecular weight is 365 g/mol. The lowest BCUT2D eigenvalue weighted by atomic mass is 9.76. The van der Waals surface area contributed by atoms with Gasteiger partial charge < -0.3 is 15.3 Å². The van der Waals surface area contributed by atoms with Crippen molar-refractivity contribution in [1.29, 1.82) is 0 Å². The van der Waals surface area contributed by atoms with E-state index in [0.717, 1.165) is 24.9 Å². The van der Waals surface area contributed by atoms with Gasteiger partial charge in [0.15, 0.2) is 0 Å². The Morgan fingerprint density at radius 2 is 1.74 bits per heavy atom. The molecule has 1 heterocycles. The number of nitrogens with zero attached hydrogens (tertiary/aromatic N) is 1. The maximum atomic E-state index is 11.4. The molecular weight excluding hydrogens is 338 g/mol. The topological polar surface area (TPSA) is 63.9 Å². The first-order valence-corrected chi connectivity index (χ1v) is 9.97. The molecule has 0 aromatic heterocycles. The van der Waals surface area contributed by atoms with Crippen molar-refractivity contribution < 1.29 is 15.3 Å². The summed E-state index contributed by atoms with van der Waals surface area (Å²) in [7, 11) is 0. The number of hydrogen-bond donors (Lipinski definition) is 3. The summed E-state index contributed by atoms with van der Waals surface area (Å²) in [6.45, 7) is 2.08. The van der Waals surface area contributed by atoms with Crippen molar-refractivity contribution in [3.05, 3.63) is 65.2 Å². The molecule has 3 aliphatic rings. The first-order valence-electron chi connectivity index (χ1n) is 9.97. The largest absolute Gasteiger partial charge is 0.508 e. The van der Waals surface area contributed by atoms with Crippen molar-refractivity contribution in [2.24, 2.45) is 5.92 Å². The Bertz CT molecular complexity index is 841. The molecule has 2 aromatic carbocycles. The molecule has 4 nitrogen and oxygen atoms in total. The predicted molar refractivity (Wildman–Crippen MR) is 104 cm³/mol. The molecule has 5 rings (SSSR count). The third-order valence-corrected chi connectivity index (χ3v) is 6.89. The third-order valence-electron chi connectivity index (χ3n) is 6.89. The number of benzene rings is 2. The van der Waals surface area contributed by atoms with Gasteiger partial charge >= 0.3 is 0 Å². The van der Waals surface area contributed by atoms with Gasteiger partial charge in [-0.05, 0) is 47.6 Å². The van der Waals surface area contributed by atoms with Crippen molar-refractivity contribution in [3.63, 3.8) is 0 Å². The number of phenolic OH excluding ortho intramolecular Hbond substituents is 1. The number of phenols is 1. The Morgan fingerprint density at radius 3 is 2.41 bits per heavy atom. The highest BCUT2D eigenvalue weighted by molar-refractivity contribution is 5.36. The Kier molecular flexibility index (Phi) is 3.87. The van der Waals surface area contributed by atoms with E-state index in [1.807, 2.05) is 24.3 Å². The molecule has 4 heteroatoms.